The number of aromatic nitrogens is 2. The maximum absolute atomic E-state index is 12.3. The normalized spacial score (nSPS) is 11.6. The lowest BCUT2D eigenvalue weighted by molar-refractivity contribution is -0.128. The first-order chi connectivity index (χ1) is 13.7. The smallest absolute Gasteiger partial charge is 0.225 e. The van der Waals surface area contributed by atoms with Gasteiger partial charge >= 0.3 is 0 Å². The van der Waals surface area contributed by atoms with E-state index >= 15 is 0 Å². The van der Waals surface area contributed by atoms with E-state index in [0.717, 1.165) is 35.6 Å². The SMILES string of the molecule is Cc1cc(C)cc(OCCCn2c(CNC(=O)C(C)(C)C)nc3ccccc32)c1. The molecule has 3 aromatic rings. The Morgan fingerprint density at radius 1 is 1.10 bits per heavy atom. The number of hydrogen-bond acceptors (Lipinski definition) is 3. The standard InChI is InChI=1S/C24H31N3O2/c1-17-13-18(2)15-19(14-17)29-12-8-11-27-21-10-7-6-9-20(21)26-22(27)16-25-23(28)24(3,4)5/h6-7,9-10,13-15H,8,11-12,16H2,1-5H3,(H,25,28). The Hall–Kier alpha value is -2.82. The van der Waals surface area contributed by atoms with Gasteiger partial charge in [0.2, 0.25) is 5.91 Å². The first kappa shape index (κ1) is 20.9. The van der Waals surface area contributed by atoms with Crippen LogP contribution in [0.4, 0.5) is 0 Å². The van der Waals surface area contributed by atoms with Crippen molar-refractivity contribution in [1.82, 2.24) is 14.9 Å². The van der Waals surface area contributed by atoms with Crippen molar-refractivity contribution < 1.29 is 9.53 Å². The molecule has 29 heavy (non-hydrogen) atoms. The van der Waals surface area contributed by atoms with Crippen LogP contribution in [-0.4, -0.2) is 22.1 Å². The summed E-state index contributed by atoms with van der Waals surface area (Å²) in [6.07, 6.45) is 0.855. The molecule has 0 saturated heterocycles. The van der Waals surface area contributed by atoms with Gasteiger partial charge in [0.15, 0.2) is 0 Å². The van der Waals surface area contributed by atoms with Crippen molar-refractivity contribution >= 4 is 16.9 Å². The molecule has 1 heterocycles. The van der Waals surface area contributed by atoms with Crippen molar-refractivity contribution in [3.63, 3.8) is 0 Å². The van der Waals surface area contributed by atoms with Crippen molar-refractivity contribution in [1.29, 1.82) is 0 Å². The van der Waals surface area contributed by atoms with Crippen LogP contribution in [0.15, 0.2) is 42.5 Å². The second-order valence-corrected chi connectivity index (χ2v) is 8.63. The lowest BCUT2D eigenvalue weighted by Crippen LogP contribution is -2.35. The second-order valence-electron chi connectivity index (χ2n) is 8.63. The topological polar surface area (TPSA) is 56.1 Å². The lowest BCUT2D eigenvalue weighted by atomic mass is 9.96. The average Bonchev–Trinajstić information content (AvgIpc) is 2.99. The molecular formula is C24H31N3O2. The molecule has 0 aliphatic rings. The van der Waals surface area contributed by atoms with Crippen molar-refractivity contribution in [3.8, 4) is 5.75 Å². The van der Waals surface area contributed by atoms with Crippen LogP contribution in [0.3, 0.4) is 0 Å². The van der Waals surface area contributed by atoms with Gasteiger partial charge in [-0.2, -0.15) is 0 Å². The number of fused-ring (bicyclic) bond motifs is 1. The largest absolute Gasteiger partial charge is 0.494 e. The summed E-state index contributed by atoms with van der Waals surface area (Å²) in [4.78, 5) is 17.0. The number of carbonyl (C=O) groups is 1. The molecule has 1 amide bonds. The maximum atomic E-state index is 12.3. The van der Waals surface area contributed by atoms with Gasteiger partial charge in [-0.25, -0.2) is 4.98 Å². The quantitative estimate of drug-likeness (QED) is 0.588. The first-order valence-corrected chi connectivity index (χ1v) is 10.2. The van der Waals surface area contributed by atoms with E-state index in [1.165, 1.54) is 11.1 Å². The minimum atomic E-state index is -0.420. The first-order valence-electron chi connectivity index (χ1n) is 10.2. The Kier molecular flexibility index (Phi) is 6.26. The highest BCUT2D eigenvalue weighted by atomic mass is 16.5. The molecule has 5 heteroatoms. The van der Waals surface area contributed by atoms with Gasteiger partial charge in [0.25, 0.3) is 0 Å². The Morgan fingerprint density at radius 2 is 1.79 bits per heavy atom. The number of rotatable bonds is 7. The molecule has 2 aromatic carbocycles. The van der Waals surface area contributed by atoms with E-state index in [2.05, 4.69) is 48.0 Å². The molecule has 0 saturated carbocycles. The third-order valence-corrected chi connectivity index (χ3v) is 4.81. The van der Waals surface area contributed by atoms with Crippen molar-refractivity contribution in [2.24, 2.45) is 5.41 Å². The Labute approximate surface area is 173 Å². The molecule has 0 spiro atoms. The van der Waals surface area contributed by atoms with E-state index in [1.807, 2.05) is 39.0 Å². The van der Waals surface area contributed by atoms with Crippen LogP contribution in [0.1, 0.15) is 44.1 Å². The van der Waals surface area contributed by atoms with E-state index in [4.69, 9.17) is 9.72 Å². The summed E-state index contributed by atoms with van der Waals surface area (Å²) in [6.45, 7) is 11.7. The molecule has 0 aliphatic heterocycles. The number of nitrogens with zero attached hydrogens (tertiary/aromatic N) is 2. The summed E-state index contributed by atoms with van der Waals surface area (Å²) in [5.74, 6) is 1.81. The fraction of sp³-hybridized carbons (Fsp3) is 0.417. The predicted octanol–water partition coefficient (Wildman–Crippen LogP) is 4.78. The summed E-state index contributed by atoms with van der Waals surface area (Å²) in [6, 6.07) is 14.3. The van der Waals surface area contributed by atoms with E-state index in [1.54, 1.807) is 0 Å². The zero-order valence-electron chi connectivity index (χ0n) is 18.1. The molecule has 0 fully saturated rings. The molecule has 5 nitrogen and oxygen atoms in total. The third-order valence-electron chi connectivity index (χ3n) is 4.81. The molecule has 3 rings (SSSR count). The molecule has 1 N–H and O–H groups in total. The van der Waals surface area contributed by atoms with Crippen LogP contribution < -0.4 is 10.1 Å². The van der Waals surface area contributed by atoms with E-state index in [9.17, 15) is 4.79 Å². The second kappa shape index (κ2) is 8.68. The van der Waals surface area contributed by atoms with E-state index < -0.39 is 5.41 Å². The molecule has 1 aromatic heterocycles. The fourth-order valence-corrected chi connectivity index (χ4v) is 3.36. The van der Waals surface area contributed by atoms with Gasteiger partial charge in [-0.3, -0.25) is 4.79 Å². The number of aryl methyl sites for hydroxylation is 3. The van der Waals surface area contributed by atoms with Crippen molar-refractivity contribution in [2.45, 2.75) is 54.1 Å². The molecule has 0 radical (unpaired) electrons. The molecular weight excluding hydrogens is 362 g/mol. The van der Waals surface area contributed by atoms with Crippen LogP contribution in [0, 0.1) is 19.3 Å². The summed E-state index contributed by atoms with van der Waals surface area (Å²) in [5, 5.41) is 3.02. The molecule has 0 bridgehead atoms. The number of benzene rings is 2. The van der Waals surface area contributed by atoms with Crippen molar-refractivity contribution in [2.75, 3.05) is 6.61 Å². The lowest BCUT2D eigenvalue weighted by Gasteiger charge is -2.18. The number of amides is 1. The average molecular weight is 394 g/mol. The number of carbonyl (C=O) groups excluding carboxylic acids is 1. The zero-order chi connectivity index (χ0) is 21.0. The third kappa shape index (κ3) is 5.37. The predicted molar refractivity (Wildman–Crippen MR) is 117 cm³/mol. The highest BCUT2D eigenvalue weighted by Gasteiger charge is 2.21. The number of nitrogens with one attached hydrogen (secondary N) is 1. The highest BCUT2D eigenvalue weighted by molar-refractivity contribution is 5.81. The van der Waals surface area contributed by atoms with E-state index in [-0.39, 0.29) is 5.91 Å². The summed E-state index contributed by atoms with van der Waals surface area (Å²) in [5.41, 5.74) is 4.02. The van der Waals surface area contributed by atoms with Crippen molar-refractivity contribution in [3.05, 3.63) is 59.4 Å². The zero-order valence-corrected chi connectivity index (χ0v) is 18.1. The highest BCUT2D eigenvalue weighted by Crippen LogP contribution is 2.19. The van der Waals surface area contributed by atoms with Gasteiger partial charge in [0.1, 0.15) is 11.6 Å². The summed E-state index contributed by atoms with van der Waals surface area (Å²) < 4.78 is 8.14. The maximum Gasteiger partial charge on any atom is 0.225 e. The van der Waals surface area contributed by atoms with Gasteiger partial charge in [-0.05, 0) is 55.7 Å². The number of ether oxygens (including phenoxy) is 1. The van der Waals surface area contributed by atoms with Gasteiger partial charge < -0.3 is 14.6 Å². The minimum absolute atomic E-state index is 0.0225. The van der Waals surface area contributed by atoms with Gasteiger partial charge in [-0.1, -0.05) is 39.0 Å². The van der Waals surface area contributed by atoms with Crippen LogP contribution in [0.25, 0.3) is 11.0 Å². The van der Waals surface area contributed by atoms with Gasteiger partial charge in [-0.15, -0.1) is 0 Å². The number of imidazole rings is 1. The number of para-hydroxylation sites is 2. The molecule has 0 atom stereocenters. The fourth-order valence-electron chi connectivity index (χ4n) is 3.36. The molecule has 0 aliphatic carbocycles. The Bertz CT molecular complexity index is 979. The van der Waals surface area contributed by atoms with Crippen LogP contribution in [0.2, 0.25) is 0 Å². The van der Waals surface area contributed by atoms with Crippen LogP contribution in [-0.2, 0) is 17.9 Å². The van der Waals surface area contributed by atoms with E-state index in [0.29, 0.717) is 13.2 Å². The van der Waals surface area contributed by atoms with Gasteiger partial charge in [0, 0.05) is 12.0 Å². The summed E-state index contributed by atoms with van der Waals surface area (Å²) in [7, 11) is 0. The monoisotopic (exact) mass is 393 g/mol. The van der Waals surface area contributed by atoms with Crippen LogP contribution >= 0.6 is 0 Å². The molecule has 154 valence electrons. The minimum Gasteiger partial charge on any atom is -0.494 e. The summed E-state index contributed by atoms with van der Waals surface area (Å²) >= 11 is 0. The van der Waals surface area contributed by atoms with Crippen LogP contribution in [0.5, 0.6) is 5.75 Å². The molecule has 0 unspecified atom stereocenters. The Morgan fingerprint density at radius 3 is 2.48 bits per heavy atom. The van der Waals surface area contributed by atoms with Gasteiger partial charge in [0.05, 0.1) is 24.2 Å². The Balaban J connectivity index is 1.68. The number of hydrogen-bond donors (Lipinski definition) is 1.